The minimum atomic E-state index is 0.592. The molecule has 4 rings (SSSR count). The van der Waals surface area contributed by atoms with Crippen LogP contribution in [-0.4, -0.2) is 9.97 Å². The maximum absolute atomic E-state index is 6.31. The van der Waals surface area contributed by atoms with Crippen LogP contribution >= 0.6 is 34.5 Å². The van der Waals surface area contributed by atoms with Crippen molar-refractivity contribution >= 4 is 56.3 Å². The van der Waals surface area contributed by atoms with Crippen molar-refractivity contribution < 1.29 is 0 Å². The highest BCUT2D eigenvalue weighted by Gasteiger charge is 2.22. The molecule has 118 valence electrons. The summed E-state index contributed by atoms with van der Waals surface area (Å²) in [5.41, 5.74) is 2.22. The molecule has 0 saturated heterocycles. The lowest BCUT2D eigenvalue weighted by Gasteiger charge is -2.11. The summed E-state index contributed by atoms with van der Waals surface area (Å²) in [7, 11) is 0. The van der Waals surface area contributed by atoms with Gasteiger partial charge < -0.3 is 5.32 Å². The van der Waals surface area contributed by atoms with Crippen LogP contribution < -0.4 is 5.32 Å². The van der Waals surface area contributed by atoms with Crippen LogP contribution in [0, 0.1) is 0 Å². The van der Waals surface area contributed by atoms with E-state index >= 15 is 0 Å². The predicted molar refractivity (Wildman–Crippen MR) is 98.6 cm³/mol. The normalized spacial score (nSPS) is 13.5. The Bertz CT molecular complexity index is 904. The lowest BCUT2D eigenvalue weighted by molar-refractivity contribution is 0.915. The van der Waals surface area contributed by atoms with Gasteiger partial charge in [-0.15, -0.1) is 11.3 Å². The van der Waals surface area contributed by atoms with Gasteiger partial charge in [-0.05, 0) is 43.0 Å². The number of hydrogen-bond donors (Lipinski definition) is 1. The molecule has 0 saturated carbocycles. The molecule has 0 aliphatic heterocycles. The zero-order valence-corrected chi connectivity index (χ0v) is 14.9. The number of anilines is 2. The summed E-state index contributed by atoms with van der Waals surface area (Å²) in [6, 6.07) is 5.45. The largest absolute Gasteiger partial charge is 0.338 e. The van der Waals surface area contributed by atoms with Crippen molar-refractivity contribution in [3.05, 3.63) is 44.5 Å². The molecular weight excluding hydrogens is 349 g/mol. The highest BCUT2D eigenvalue weighted by molar-refractivity contribution is 7.19. The fraction of sp³-hybridized carbons (Fsp3) is 0.294. The van der Waals surface area contributed by atoms with Gasteiger partial charge >= 0.3 is 0 Å². The van der Waals surface area contributed by atoms with Crippen LogP contribution in [0.2, 0.25) is 10.0 Å². The Morgan fingerprint density at radius 2 is 2.09 bits per heavy atom. The number of rotatable bonds is 3. The van der Waals surface area contributed by atoms with Crippen molar-refractivity contribution in [3.63, 3.8) is 0 Å². The number of halogens is 2. The van der Waals surface area contributed by atoms with Gasteiger partial charge in [-0.25, -0.2) is 9.97 Å². The molecule has 2 heterocycles. The molecule has 0 amide bonds. The molecule has 0 atom stereocenters. The molecule has 0 spiro atoms. The van der Waals surface area contributed by atoms with E-state index in [2.05, 4.69) is 12.2 Å². The Labute approximate surface area is 148 Å². The summed E-state index contributed by atoms with van der Waals surface area (Å²) in [6.07, 6.45) is 4.28. The maximum atomic E-state index is 6.31. The molecule has 0 bridgehead atoms. The van der Waals surface area contributed by atoms with E-state index in [1.54, 1.807) is 17.4 Å². The average molecular weight is 364 g/mol. The molecule has 0 fully saturated rings. The fourth-order valence-electron chi connectivity index (χ4n) is 3.01. The van der Waals surface area contributed by atoms with E-state index in [4.69, 9.17) is 33.2 Å². The standard InChI is InChI=1S/C17H15Cl2N3S/c1-2-14-21-16(20-12-7-6-9(18)8-11(12)19)15-10-4-3-5-13(10)23-17(15)22-14/h6-8H,2-5H2,1H3,(H,20,21,22). The van der Waals surface area contributed by atoms with Crippen LogP contribution in [0.4, 0.5) is 11.5 Å². The van der Waals surface area contributed by atoms with Gasteiger partial charge in [-0.1, -0.05) is 30.1 Å². The number of nitrogens with one attached hydrogen (secondary N) is 1. The summed E-state index contributed by atoms with van der Waals surface area (Å²) in [6.45, 7) is 2.07. The molecule has 6 heteroatoms. The van der Waals surface area contributed by atoms with Crippen molar-refractivity contribution in [2.75, 3.05) is 5.32 Å². The van der Waals surface area contributed by atoms with E-state index < -0.39 is 0 Å². The van der Waals surface area contributed by atoms with E-state index in [9.17, 15) is 0 Å². The number of benzene rings is 1. The minimum absolute atomic E-state index is 0.592. The van der Waals surface area contributed by atoms with Crippen LogP contribution in [0.15, 0.2) is 18.2 Å². The van der Waals surface area contributed by atoms with Gasteiger partial charge in [0.25, 0.3) is 0 Å². The second-order valence-corrected chi connectivity index (χ2v) is 7.56. The van der Waals surface area contributed by atoms with Gasteiger partial charge in [0.05, 0.1) is 16.1 Å². The number of nitrogens with zero attached hydrogens (tertiary/aromatic N) is 2. The van der Waals surface area contributed by atoms with Crippen LogP contribution in [-0.2, 0) is 19.3 Å². The highest BCUT2D eigenvalue weighted by Crippen LogP contribution is 2.41. The third kappa shape index (κ3) is 2.69. The summed E-state index contributed by atoms with van der Waals surface area (Å²) < 4.78 is 0. The monoisotopic (exact) mass is 363 g/mol. The zero-order valence-electron chi connectivity index (χ0n) is 12.6. The summed E-state index contributed by atoms with van der Waals surface area (Å²) >= 11 is 14.1. The first-order valence-corrected chi connectivity index (χ1v) is 9.26. The van der Waals surface area contributed by atoms with E-state index in [1.807, 2.05) is 12.1 Å². The van der Waals surface area contributed by atoms with E-state index in [-0.39, 0.29) is 0 Å². The van der Waals surface area contributed by atoms with Crippen LogP contribution in [0.1, 0.15) is 29.6 Å². The molecule has 3 aromatic rings. The van der Waals surface area contributed by atoms with E-state index in [0.717, 1.165) is 46.8 Å². The molecule has 1 aliphatic carbocycles. The van der Waals surface area contributed by atoms with E-state index in [0.29, 0.717) is 10.0 Å². The number of aromatic nitrogens is 2. The first kappa shape index (κ1) is 15.2. The Morgan fingerprint density at radius 1 is 1.22 bits per heavy atom. The van der Waals surface area contributed by atoms with Crippen molar-refractivity contribution in [3.8, 4) is 0 Å². The Hall–Kier alpha value is -1.36. The first-order valence-electron chi connectivity index (χ1n) is 7.69. The molecule has 2 aromatic heterocycles. The number of aryl methyl sites for hydroxylation is 3. The fourth-order valence-corrected chi connectivity index (χ4v) is 4.74. The Balaban J connectivity index is 1.87. The summed E-state index contributed by atoms with van der Waals surface area (Å²) in [4.78, 5) is 12.0. The lowest BCUT2D eigenvalue weighted by Crippen LogP contribution is -2.01. The van der Waals surface area contributed by atoms with Gasteiger partial charge in [-0.3, -0.25) is 0 Å². The number of thiophene rings is 1. The maximum Gasteiger partial charge on any atom is 0.143 e. The molecule has 0 unspecified atom stereocenters. The van der Waals surface area contributed by atoms with Crippen LogP contribution in [0.5, 0.6) is 0 Å². The molecule has 3 nitrogen and oxygen atoms in total. The minimum Gasteiger partial charge on any atom is -0.338 e. The van der Waals surface area contributed by atoms with E-state index in [1.165, 1.54) is 16.9 Å². The molecular formula is C17H15Cl2N3S. The van der Waals surface area contributed by atoms with Gasteiger partial charge in [0.2, 0.25) is 0 Å². The van der Waals surface area contributed by atoms with Crippen LogP contribution in [0.3, 0.4) is 0 Å². The van der Waals surface area contributed by atoms with Crippen molar-refractivity contribution in [1.29, 1.82) is 0 Å². The SMILES string of the molecule is CCc1nc(Nc2ccc(Cl)cc2Cl)c2c3c(sc2n1)CCC3. The van der Waals surface area contributed by atoms with Gasteiger partial charge in [0, 0.05) is 16.3 Å². The summed E-state index contributed by atoms with van der Waals surface area (Å²) in [5, 5.41) is 5.77. The average Bonchev–Trinajstić information content (AvgIpc) is 3.10. The zero-order chi connectivity index (χ0) is 16.0. The van der Waals surface area contributed by atoms with Gasteiger partial charge in [0.15, 0.2) is 0 Å². The molecule has 23 heavy (non-hydrogen) atoms. The number of hydrogen-bond acceptors (Lipinski definition) is 4. The molecule has 1 aromatic carbocycles. The summed E-state index contributed by atoms with van der Waals surface area (Å²) in [5.74, 6) is 1.71. The number of fused-ring (bicyclic) bond motifs is 3. The molecule has 0 radical (unpaired) electrons. The first-order chi connectivity index (χ1) is 11.2. The highest BCUT2D eigenvalue weighted by atomic mass is 35.5. The Kier molecular flexibility index (Phi) is 3.92. The Morgan fingerprint density at radius 3 is 2.87 bits per heavy atom. The second-order valence-electron chi connectivity index (χ2n) is 5.63. The van der Waals surface area contributed by atoms with Gasteiger partial charge in [0.1, 0.15) is 16.5 Å². The lowest BCUT2D eigenvalue weighted by atomic mass is 10.2. The van der Waals surface area contributed by atoms with Crippen LogP contribution in [0.25, 0.3) is 10.2 Å². The quantitative estimate of drug-likeness (QED) is 0.639. The topological polar surface area (TPSA) is 37.8 Å². The third-order valence-electron chi connectivity index (χ3n) is 4.11. The van der Waals surface area contributed by atoms with Crippen molar-refractivity contribution in [2.45, 2.75) is 32.6 Å². The second kappa shape index (κ2) is 5.93. The predicted octanol–water partition coefficient (Wildman–Crippen LogP) is 5.79. The smallest absolute Gasteiger partial charge is 0.143 e. The molecule has 1 aliphatic rings. The van der Waals surface area contributed by atoms with Gasteiger partial charge in [-0.2, -0.15) is 0 Å². The third-order valence-corrected chi connectivity index (χ3v) is 5.84. The van der Waals surface area contributed by atoms with Crippen molar-refractivity contribution in [1.82, 2.24) is 9.97 Å². The van der Waals surface area contributed by atoms with Crippen molar-refractivity contribution in [2.24, 2.45) is 0 Å². The molecule has 1 N–H and O–H groups in total.